The topological polar surface area (TPSA) is 91.2 Å². The molecule has 1 spiro atoms. The summed E-state index contributed by atoms with van der Waals surface area (Å²) in [5.74, 6) is 0.895. The SMILES string of the molecule is CC1(C)CC(=O)C2=C(C1)NC1=C(CN=N1)C21CCN(S(=O)(=O)c2ccccc2Cl)CC1. The molecule has 1 aromatic rings. The Kier molecular flexibility index (Phi) is 4.70. The Balaban J connectivity index is 1.51. The summed E-state index contributed by atoms with van der Waals surface area (Å²) >= 11 is 6.18. The summed E-state index contributed by atoms with van der Waals surface area (Å²) in [6.45, 7) is 5.28. The molecule has 1 fully saturated rings. The number of ketones is 1. The lowest BCUT2D eigenvalue weighted by atomic mass is 9.60. The Morgan fingerprint density at radius 1 is 1.13 bits per heavy atom. The molecule has 9 heteroatoms. The van der Waals surface area contributed by atoms with Gasteiger partial charge in [0.05, 0.1) is 11.6 Å². The Labute approximate surface area is 187 Å². The molecular formula is C22H25ClN4O3S. The molecule has 0 amide bonds. The molecule has 0 radical (unpaired) electrons. The van der Waals surface area contributed by atoms with Crippen molar-refractivity contribution in [1.82, 2.24) is 9.62 Å². The summed E-state index contributed by atoms with van der Waals surface area (Å²) < 4.78 is 28.0. The summed E-state index contributed by atoms with van der Waals surface area (Å²) in [5, 5.41) is 12.1. The van der Waals surface area contributed by atoms with Crippen LogP contribution in [0.3, 0.4) is 0 Å². The molecule has 0 atom stereocenters. The van der Waals surface area contributed by atoms with Crippen molar-refractivity contribution in [2.45, 2.75) is 44.4 Å². The highest BCUT2D eigenvalue weighted by Crippen LogP contribution is 2.55. The van der Waals surface area contributed by atoms with Crippen molar-refractivity contribution in [3.05, 3.63) is 52.0 Å². The summed E-state index contributed by atoms with van der Waals surface area (Å²) in [7, 11) is -3.71. The summed E-state index contributed by atoms with van der Waals surface area (Å²) in [4.78, 5) is 13.4. The highest BCUT2D eigenvalue weighted by atomic mass is 35.5. The maximum absolute atomic E-state index is 13.3. The molecule has 5 rings (SSSR count). The largest absolute Gasteiger partial charge is 0.342 e. The van der Waals surface area contributed by atoms with Gasteiger partial charge in [-0.2, -0.15) is 9.42 Å². The number of dihydropyridines is 1. The number of nitrogens with zero attached hydrogens (tertiary/aromatic N) is 3. The van der Waals surface area contributed by atoms with Crippen LogP contribution in [-0.4, -0.2) is 38.1 Å². The molecule has 1 saturated heterocycles. The normalized spacial score (nSPS) is 24.9. The molecule has 0 saturated carbocycles. The van der Waals surface area contributed by atoms with Gasteiger partial charge in [-0.25, -0.2) is 8.42 Å². The molecule has 31 heavy (non-hydrogen) atoms. The fourth-order valence-electron chi connectivity index (χ4n) is 5.52. The number of hydrogen-bond acceptors (Lipinski definition) is 6. The minimum absolute atomic E-state index is 0.119. The van der Waals surface area contributed by atoms with Crippen LogP contribution in [0.4, 0.5) is 0 Å². The highest BCUT2D eigenvalue weighted by molar-refractivity contribution is 7.89. The standard InChI is InChI=1S/C22H25ClN4O3S/c1-21(2)11-16-19(17(28)12-21)22(14-13-24-26-20(14)25-16)7-9-27(10-8-22)31(29,30)18-6-4-3-5-15(18)23/h3-6,25H,7-13H2,1-2H3. The van der Waals surface area contributed by atoms with Crippen molar-refractivity contribution in [2.75, 3.05) is 19.6 Å². The molecule has 7 nitrogen and oxygen atoms in total. The van der Waals surface area contributed by atoms with E-state index in [0.717, 1.165) is 29.1 Å². The van der Waals surface area contributed by atoms with Crippen molar-refractivity contribution in [1.29, 1.82) is 0 Å². The van der Waals surface area contributed by atoms with Gasteiger partial charge in [0.1, 0.15) is 4.90 Å². The second-order valence-electron chi connectivity index (χ2n) is 9.56. The quantitative estimate of drug-likeness (QED) is 0.721. The van der Waals surface area contributed by atoms with E-state index in [2.05, 4.69) is 29.4 Å². The average molecular weight is 461 g/mol. The number of halogens is 1. The van der Waals surface area contributed by atoms with Crippen molar-refractivity contribution < 1.29 is 13.2 Å². The number of sulfonamides is 1. The molecule has 4 aliphatic rings. The first kappa shape index (κ1) is 20.8. The van der Waals surface area contributed by atoms with Gasteiger partial charge in [0.15, 0.2) is 11.6 Å². The van der Waals surface area contributed by atoms with E-state index in [1.807, 2.05) is 0 Å². The summed E-state index contributed by atoms with van der Waals surface area (Å²) in [6.07, 6.45) is 2.33. The lowest BCUT2D eigenvalue weighted by Gasteiger charge is -2.48. The van der Waals surface area contributed by atoms with Crippen LogP contribution >= 0.6 is 11.6 Å². The third-order valence-corrected chi connectivity index (χ3v) is 9.31. The molecule has 1 aliphatic carbocycles. The number of allylic oxidation sites excluding steroid dienone is 2. The first-order chi connectivity index (χ1) is 14.6. The number of fused-ring (bicyclic) bond motifs is 2. The predicted molar refractivity (Wildman–Crippen MR) is 117 cm³/mol. The van der Waals surface area contributed by atoms with E-state index in [1.54, 1.807) is 18.2 Å². The fourth-order valence-corrected chi connectivity index (χ4v) is 7.46. The molecule has 3 aliphatic heterocycles. The van der Waals surface area contributed by atoms with Gasteiger partial charge >= 0.3 is 0 Å². The van der Waals surface area contributed by atoms with Crippen molar-refractivity contribution in [3.63, 3.8) is 0 Å². The molecule has 1 aromatic carbocycles. The summed E-state index contributed by atoms with van der Waals surface area (Å²) in [6, 6.07) is 6.52. The average Bonchev–Trinajstić information content (AvgIpc) is 3.16. The zero-order chi connectivity index (χ0) is 22.0. The number of carbonyl (C=O) groups excluding carboxylic acids is 1. The number of Topliss-reactive ketones (excluding diaryl/α,β-unsaturated/α-hetero) is 1. The fraction of sp³-hybridized carbons (Fsp3) is 0.500. The number of piperidine rings is 1. The molecule has 3 heterocycles. The number of hydrogen-bond donors (Lipinski definition) is 1. The van der Waals surface area contributed by atoms with Crippen LogP contribution in [0, 0.1) is 10.8 Å². The first-order valence-corrected chi connectivity index (χ1v) is 12.4. The number of azo groups is 1. The number of carbonyl (C=O) groups is 1. The smallest absolute Gasteiger partial charge is 0.244 e. The van der Waals surface area contributed by atoms with E-state index in [0.29, 0.717) is 38.9 Å². The molecular weight excluding hydrogens is 436 g/mol. The Bertz CT molecular complexity index is 1170. The van der Waals surface area contributed by atoms with Crippen LogP contribution in [0.2, 0.25) is 5.02 Å². The van der Waals surface area contributed by atoms with Gasteiger partial charge in [0, 0.05) is 41.8 Å². The van der Waals surface area contributed by atoms with Gasteiger partial charge in [0.25, 0.3) is 0 Å². The minimum atomic E-state index is -3.71. The van der Waals surface area contributed by atoms with E-state index in [-0.39, 0.29) is 21.1 Å². The first-order valence-electron chi connectivity index (χ1n) is 10.5. The second kappa shape index (κ2) is 6.98. The van der Waals surface area contributed by atoms with Gasteiger partial charge in [-0.15, -0.1) is 5.11 Å². The number of rotatable bonds is 2. The molecule has 0 bridgehead atoms. The van der Waals surface area contributed by atoms with E-state index in [9.17, 15) is 13.2 Å². The molecule has 0 unspecified atom stereocenters. The second-order valence-corrected chi connectivity index (χ2v) is 11.9. The van der Waals surface area contributed by atoms with Crippen LogP contribution in [0.25, 0.3) is 0 Å². The van der Waals surface area contributed by atoms with Gasteiger partial charge in [0.2, 0.25) is 10.0 Å². The van der Waals surface area contributed by atoms with Crippen molar-refractivity contribution >= 4 is 27.4 Å². The Morgan fingerprint density at radius 2 is 1.84 bits per heavy atom. The van der Waals surface area contributed by atoms with Crippen LogP contribution in [0.15, 0.2) is 62.1 Å². The summed E-state index contributed by atoms with van der Waals surface area (Å²) in [5.41, 5.74) is 2.16. The van der Waals surface area contributed by atoms with Crippen molar-refractivity contribution in [2.24, 2.45) is 21.1 Å². The van der Waals surface area contributed by atoms with Gasteiger partial charge in [-0.1, -0.05) is 37.6 Å². The van der Waals surface area contributed by atoms with Gasteiger partial charge < -0.3 is 5.32 Å². The highest BCUT2D eigenvalue weighted by Gasteiger charge is 2.53. The minimum Gasteiger partial charge on any atom is -0.342 e. The molecule has 164 valence electrons. The zero-order valence-corrected chi connectivity index (χ0v) is 19.2. The van der Waals surface area contributed by atoms with Crippen LogP contribution < -0.4 is 5.32 Å². The Morgan fingerprint density at radius 3 is 2.55 bits per heavy atom. The maximum Gasteiger partial charge on any atom is 0.244 e. The van der Waals surface area contributed by atoms with E-state index < -0.39 is 15.4 Å². The van der Waals surface area contributed by atoms with Gasteiger partial charge in [-0.05, 0) is 36.8 Å². The van der Waals surface area contributed by atoms with Gasteiger partial charge in [-0.3, -0.25) is 4.79 Å². The van der Waals surface area contributed by atoms with E-state index in [4.69, 9.17) is 11.6 Å². The molecule has 1 N–H and O–H groups in total. The van der Waals surface area contributed by atoms with Crippen LogP contribution in [0.5, 0.6) is 0 Å². The monoisotopic (exact) mass is 460 g/mol. The number of benzene rings is 1. The lowest BCUT2D eigenvalue weighted by Crippen LogP contribution is -2.50. The van der Waals surface area contributed by atoms with E-state index >= 15 is 0 Å². The number of nitrogens with one attached hydrogen (secondary N) is 1. The predicted octanol–water partition coefficient (Wildman–Crippen LogP) is 4.03. The maximum atomic E-state index is 13.3. The van der Waals surface area contributed by atoms with Crippen LogP contribution in [-0.2, 0) is 14.8 Å². The Hall–Kier alpha value is -2.03. The third-order valence-electron chi connectivity index (χ3n) is 6.92. The lowest BCUT2D eigenvalue weighted by molar-refractivity contribution is -0.119. The third kappa shape index (κ3) is 3.18. The van der Waals surface area contributed by atoms with Crippen molar-refractivity contribution in [3.8, 4) is 0 Å². The zero-order valence-electron chi connectivity index (χ0n) is 17.6. The van der Waals surface area contributed by atoms with Crippen LogP contribution in [0.1, 0.15) is 39.5 Å². The molecule has 0 aromatic heterocycles. The van der Waals surface area contributed by atoms with E-state index in [1.165, 1.54) is 10.4 Å².